The van der Waals surface area contributed by atoms with Gasteiger partial charge in [0.05, 0.1) is 29.3 Å². The molecule has 4 rings (SSSR count). The molecule has 2 aromatic heterocycles. The van der Waals surface area contributed by atoms with E-state index in [4.69, 9.17) is 4.74 Å². The van der Waals surface area contributed by atoms with Crippen molar-refractivity contribution < 1.29 is 19.2 Å². The summed E-state index contributed by atoms with van der Waals surface area (Å²) in [7, 11) is 1.27. The van der Waals surface area contributed by atoms with Crippen molar-refractivity contribution in [3.8, 4) is 0 Å². The number of esters is 1. The van der Waals surface area contributed by atoms with Crippen molar-refractivity contribution in [2.24, 2.45) is 0 Å². The minimum atomic E-state index is -0.585. The minimum Gasteiger partial charge on any atom is -0.465 e. The molecular weight excluding hydrogens is 362 g/mol. The highest BCUT2D eigenvalue weighted by molar-refractivity contribution is 6.14. The van der Waals surface area contributed by atoms with Gasteiger partial charge in [-0.15, -0.1) is 0 Å². The number of ether oxygens (including phenoxy) is 1. The Hall–Kier alpha value is -4.07. The zero-order valence-corrected chi connectivity index (χ0v) is 14.7. The number of nitro benzene ring substituents is 1. The van der Waals surface area contributed by atoms with Crippen molar-refractivity contribution in [3.63, 3.8) is 0 Å². The number of carbonyl (C=O) groups excluding carboxylic acids is 2. The van der Waals surface area contributed by atoms with E-state index < -0.39 is 16.7 Å². The van der Waals surface area contributed by atoms with Crippen molar-refractivity contribution in [2.45, 2.75) is 0 Å². The number of methoxy groups -OCH3 is 1. The molecule has 0 spiro atoms. The molecule has 0 fully saturated rings. The van der Waals surface area contributed by atoms with Gasteiger partial charge < -0.3 is 4.74 Å². The highest BCUT2D eigenvalue weighted by Gasteiger charge is 2.23. The Morgan fingerprint density at radius 1 is 1.11 bits per heavy atom. The van der Waals surface area contributed by atoms with Gasteiger partial charge in [0.2, 0.25) is 5.78 Å². The Morgan fingerprint density at radius 3 is 2.50 bits per heavy atom. The van der Waals surface area contributed by atoms with Crippen LogP contribution in [0.2, 0.25) is 0 Å². The van der Waals surface area contributed by atoms with Gasteiger partial charge in [-0.2, -0.15) is 5.10 Å². The third-order valence-corrected chi connectivity index (χ3v) is 4.48. The summed E-state index contributed by atoms with van der Waals surface area (Å²) in [6, 6.07) is 14.1. The predicted octanol–water partition coefficient (Wildman–Crippen LogP) is 3.41. The second-order valence-corrected chi connectivity index (χ2v) is 6.06. The molecule has 0 aliphatic rings. The fourth-order valence-electron chi connectivity index (χ4n) is 3.13. The van der Waals surface area contributed by atoms with Crippen molar-refractivity contribution in [1.82, 2.24) is 9.61 Å². The van der Waals surface area contributed by atoms with E-state index in [9.17, 15) is 19.7 Å². The molecule has 0 aliphatic carbocycles. The number of non-ortho nitro benzene ring substituents is 1. The zero-order chi connectivity index (χ0) is 19.8. The number of benzene rings is 2. The number of rotatable bonds is 4. The lowest BCUT2D eigenvalue weighted by molar-refractivity contribution is -0.384. The SMILES string of the molecule is COC(=O)c1cc(C(=O)c2ccc([N+](=O)[O-])cc2)n2ncc3ccccc3c12. The van der Waals surface area contributed by atoms with Crippen LogP contribution < -0.4 is 0 Å². The molecule has 138 valence electrons. The first kappa shape index (κ1) is 17.3. The van der Waals surface area contributed by atoms with Gasteiger partial charge in [-0.1, -0.05) is 24.3 Å². The Balaban J connectivity index is 1.94. The first-order valence-corrected chi connectivity index (χ1v) is 8.28. The van der Waals surface area contributed by atoms with Gasteiger partial charge in [0, 0.05) is 28.5 Å². The van der Waals surface area contributed by atoms with Gasteiger partial charge in [0.15, 0.2) is 0 Å². The zero-order valence-electron chi connectivity index (χ0n) is 14.7. The number of ketones is 1. The number of hydrogen-bond acceptors (Lipinski definition) is 6. The van der Waals surface area contributed by atoms with Gasteiger partial charge >= 0.3 is 5.97 Å². The van der Waals surface area contributed by atoms with E-state index in [-0.39, 0.29) is 22.5 Å². The Bertz CT molecular complexity index is 1260. The third kappa shape index (κ3) is 2.67. The van der Waals surface area contributed by atoms with Crippen LogP contribution >= 0.6 is 0 Å². The number of hydrogen-bond donors (Lipinski definition) is 0. The summed E-state index contributed by atoms with van der Waals surface area (Å²) in [6.45, 7) is 0. The molecule has 28 heavy (non-hydrogen) atoms. The smallest absolute Gasteiger partial charge is 0.340 e. The molecule has 2 aromatic carbocycles. The van der Waals surface area contributed by atoms with E-state index in [1.807, 2.05) is 24.3 Å². The molecule has 0 saturated heterocycles. The molecule has 0 amide bonds. The maximum Gasteiger partial charge on any atom is 0.340 e. The van der Waals surface area contributed by atoms with Gasteiger partial charge in [-0.3, -0.25) is 14.9 Å². The maximum atomic E-state index is 13.0. The second-order valence-electron chi connectivity index (χ2n) is 6.06. The fourth-order valence-corrected chi connectivity index (χ4v) is 3.13. The molecule has 2 heterocycles. The van der Waals surface area contributed by atoms with Gasteiger partial charge in [0.1, 0.15) is 5.69 Å². The average molecular weight is 375 g/mol. The topological polar surface area (TPSA) is 104 Å². The van der Waals surface area contributed by atoms with Crippen LogP contribution in [0.15, 0.2) is 60.8 Å². The first-order valence-electron chi connectivity index (χ1n) is 8.28. The lowest BCUT2D eigenvalue weighted by Gasteiger charge is -2.05. The lowest BCUT2D eigenvalue weighted by Crippen LogP contribution is -2.07. The molecule has 8 nitrogen and oxygen atoms in total. The third-order valence-electron chi connectivity index (χ3n) is 4.48. The van der Waals surface area contributed by atoms with Crippen LogP contribution in [0.1, 0.15) is 26.4 Å². The van der Waals surface area contributed by atoms with Crippen LogP contribution in [0.4, 0.5) is 5.69 Å². The number of carbonyl (C=O) groups is 2. The monoisotopic (exact) mass is 375 g/mol. The van der Waals surface area contributed by atoms with Crippen LogP contribution in [0.3, 0.4) is 0 Å². The predicted molar refractivity (Wildman–Crippen MR) is 101 cm³/mol. The van der Waals surface area contributed by atoms with Crippen molar-refractivity contribution in [3.05, 3.63) is 87.7 Å². The van der Waals surface area contributed by atoms with Crippen molar-refractivity contribution in [1.29, 1.82) is 0 Å². The van der Waals surface area contributed by atoms with E-state index in [2.05, 4.69) is 5.10 Å². The Morgan fingerprint density at radius 2 is 1.82 bits per heavy atom. The molecule has 0 saturated carbocycles. The Kier molecular flexibility index (Phi) is 4.08. The summed E-state index contributed by atoms with van der Waals surface area (Å²) < 4.78 is 6.27. The maximum absolute atomic E-state index is 13.0. The molecule has 0 radical (unpaired) electrons. The number of fused-ring (bicyclic) bond motifs is 3. The van der Waals surface area contributed by atoms with Crippen molar-refractivity contribution >= 4 is 33.7 Å². The van der Waals surface area contributed by atoms with E-state index in [1.54, 1.807) is 6.20 Å². The van der Waals surface area contributed by atoms with Crippen LogP contribution in [0.5, 0.6) is 0 Å². The van der Waals surface area contributed by atoms with Crippen LogP contribution in [0, 0.1) is 10.1 Å². The summed E-state index contributed by atoms with van der Waals surface area (Å²) in [5, 5.41) is 16.7. The number of nitrogens with zero attached hydrogens (tertiary/aromatic N) is 3. The number of nitro groups is 1. The highest BCUT2D eigenvalue weighted by Crippen LogP contribution is 2.27. The second kappa shape index (κ2) is 6.58. The fraction of sp³-hybridized carbons (Fsp3) is 0.0500. The summed E-state index contributed by atoms with van der Waals surface area (Å²) in [4.78, 5) is 35.6. The first-order chi connectivity index (χ1) is 13.5. The summed E-state index contributed by atoms with van der Waals surface area (Å²) in [6.07, 6.45) is 1.61. The molecule has 0 aliphatic heterocycles. The van der Waals surface area contributed by atoms with Gasteiger partial charge in [-0.05, 0) is 18.2 Å². The summed E-state index contributed by atoms with van der Waals surface area (Å²) in [5.41, 5.74) is 0.981. The van der Waals surface area contributed by atoms with E-state index in [0.29, 0.717) is 5.52 Å². The van der Waals surface area contributed by atoms with E-state index >= 15 is 0 Å². The van der Waals surface area contributed by atoms with Crippen LogP contribution in [-0.4, -0.2) is 33.4 Å². The Labute approximate surface area is 158 Å². The van der Waals surface area contributed by atoms with E-state index in [0.717, 1.165) is 10.8 Å². The molecule has 0 unspecified atom stereocenters. The largest absolute Gasteiger partial charge is 0.465 e. The summed E-state index contributed by atoms with van der Waals surface area (Å²) in [5.74, 6) is -0.999. The molecule has 0 N–H and O–H groups in total. The van der Waals surface area contributed by atoms with Gasteiger partial charge in [0.25, 0.3) is 5.69 Å². The van der Waals surface area contributed by atoms with Crippen molar-refractivity contribution in [2.75, 3.05) is 7.11 Å². The normalized spacial score (nSPS) is 10.9. The minimum absolute atomic E-state index is 0.115. The molecular formula is C20H13N3O5. The molecule has 4 aromatic rings. The summed E-state index contributed by atoms with van der Waals surface area (Å²) >= 11 is 0. The van der Waals surface area contributed by atoms with Crippen LogP contribution in [-0.2, 0) is 4.74 Å². The molecule has 0 bridgehead atoms. The van der Waals surface area contributed by atoms with E-state index in [1.165, 1.54) is 42.0 Å². The average Bonchev–Trinajstić information content (AvgIpc) is 3.13. The molecule has 0 atom stereocenters. The highest BCUT2D eigenvalue weighted by atomic mass is 16.6. The standard InChI is InChI=1S/C20H13N3O5/c1-28-20(25)16-10-17(19(24)12-6-8-14(9-7-12)23(26)27)22-18(16)15-5-3-2-4-13(15)11-21-22/h2-11H,1H3. The quantitative estimate of drug-likeness (QED) is 0.234. The van der Waals surface area contributed by atoms with Crippen LogP contribution in [0.25, 0.3) is 16.3 Å². The molecule has 8 heteroatoms. The number of aromatic nitrogens is 2. The lowest BCUT2D eigenvalue weighted by atomic mass is 10.1. The van der Waals surface area contributed by atoms with Gasteiger partial charge in [-0.25, -0.2) is 9.31 Å².